The highest BCUT2D eigenvalue weighted by atomic mass is 19.1. The molecule has 0 saturated carbocycles. The van der Waals surface area contributed by atoms with Crippen LogP contribution in [0.4, 0.5) is 8.78 Å². The minimum atomic E-state index is -0.562. The van der Waals surface area contributed by atoms with Gasteiger partial charge in [-0.2, -0.15) is 5.10 Å². The maximum absolute atomic E-state index is 13.6. The van der Waals surface area contributed by atoms with Gasteiger partial charge in [0.25, 0.3) is 0 Å². The maximum Gasteiger partial charge on any atom is 0.129 e. The number of nitrogens with zero attached hydrogens (tertiary/aromatic N) is 2. The Morgan fingerprint density at radius 3 is 2.47 bits per heavy atom. The quantitative estimate of drug-likeness (QED) is 0.923. The number of hydrogen-bond acceptors (Lipinski definition) is 2. The lowest BCUT2D eigenvalue weighted by molar-refractivity contribution is 0.529. The highest BCUT2D eigenvalue weighted by molar-refractivity contribution is 5.23. The molecule has 0 amide bonds. The highest BCUT2D eigenvalue weighted by Gasteiger charge is 2.17. The summed E-state index contributed by atoms with van der Waals surface area (Å²) in [6.07, 6.45) is 0.913. The van der Waals surface area contributed by atoms with E-state index in [0.29, 0.717) is 0 Å². The molecule has 0 aliphatic carbocycles. The van der Waals surface area contributed by atoms with Crippen molar-refractivity contribution in [2.75, 3.05) is 0 Å². The summed E-state index contributed by atoms with van der Waals surface area (Å²) >= 11 is 0. The minimum Gasteiger partial charge on any atom is -0.322 e. The lowest BCUT2D eigenvalue weighted by Crippen LogP contribution is -2.18. The number of nitrogens with two attached hydrogens (primary N) is 1. The second kappa shape index (κ2) is 5.48. The van der Waals surface area contributed by atoms with Crippen LogP contribution in [0.3, 0.4) is 0 Å². The van der Waals surface area contributed by atoms with E-state index in [1.807, 2.05) is 13.0 Å². The molecule has 5 heteroatoms. The summed E-state index contributed by atoms with van der Waals surface area (Å²) in [5.74, 6) is -1.12. The Morgan fingerprint density at radius 1 is 1.32 bits per heavy atom. The number of aromatic nitrogens is 2. The number of benzene rings is 1. The number of hydrogen-bond donors (Lipinski definition) is 1. The van der Waals surface area contributed by atoms with Crippen LogP contribution in [0.25, 0.3) is 0 Å². The third kappa shape index (κ3) is 2.81. The second-order valence-corrected chi connectivity index (χ2v) is 4.55. The molecule has 0 aliphatic heterocycles. The minimum absolute atomic E-state index is 0.0225. The van der Waals surface area contributed by atoms with E-state index in [1.54, 1.807) is 11.7 Å². The first-order chi connectivity index (χ1) is 9.02. The van der Waals surface area contributed by atoms with Crippen molar-refractivity contribution >= 4 is 0 Å². The van der Waals surface area contributed by atoms with Gasteiger partial charge in [-0.15, -0.1) is 0 Å². The molecule has 1 atom stereocenters. The number of rotatable bonds is 4. The first-order valence-corrected chi connectivity index (χ1v) is 6.24. The van der Waals surface area contributed by atoms with Gasteiger partial charge in [-0.05, 0) is 31.0 Å². The van der Waals surface area contributed by atoms with Crippen LogP contribution >= 0.6 is 0 Å². The Balaban J connectivity index is 2.25. The Labute approximate surface area is 111 Å². The van der Waals surface area contributed by atoms with Crippen LogP contribution in [0.1, 0.15) is 29.9 Å². The monoisotopic (exact) mass is 265 g/mol. The summed E-state index contributed by atoms with van der Waals surface area (Å²) < 4.78 is 28.8. The molecule has 0 saturated heterocycles. The lowest BCUT2D eigenvalue weighted by atomic mass is 10.0. The van der Waals surface area contributed by atoms with Crippen LogP contribution in [0.15, 0.2) is 24.3 Å². The van der Waals surface area contributed by atoms with Crippen LogP contribution < -0.4 is 5.73 Å². The molecule has 0 radical (unpaired) electrons. The van der Waals surface area contributed by atoms with Gasteiger partial charge in [-0.25, -0.2) is 8.78 Å². The molecule has 2 aromatic rings. The molecule has 0 aliphatic rings. The van der Waals surface area contributed by atoms with Crippen LogP contribution in [0.2, 0.25) is 0 Å². The summed E-state index contributed by atoms with van der Waals surface area (Å²) in [6, 6.07) is 5.23. The summed E-state index contributed by atoms with van der Waals surface area (Å²) in [6.45, 7) is 1.99. The van der Waals surface area contributed by atoms with Crippen molar-refractivity contribution in [3.8, 4) is 0 Å². The van der Waals surface area contributed by atoms with Crippen molar-refractivity contribution < 1.29 is 8.78 Å². The van der Waals surface area contributed by atoms with Crippen molar-refractivity contribution in [3.63, 3.8) is 0 Å². The zero-order valence-corrected chi connectivity index (χ0v) is 11.0. The SMILES string of the molecule is CCc1cc(C(N)Cc2c(F)cccc2F)n(C)n1. The molecule has 1 heterocycles. The third-order valence-electron chi connectivity index (χ3n) is 3.19. The molecule has 19 heavy (non-hydrogen) atoms. The standard InChI is InChI=1S/C14H17F2N3/c1-3-9-7-14(19(2)18-9)13(17)8-10-11(15)5-4-6-12(10)16/h4-7,13H,3,8,17H2,1-2H3. The first kappa shape index (κ1) is 13.7. The van der Waals surface area contributed by atoms with Crippen LogP contribution in [-0.2, 0) is 19.9 Å². The van der Waals surface area contributed by atoms with E-state index >= 15 is 0 Å². The van der Waals surface area contributed by atoms with E-state index < -0.39 is 17.7 Å². The Hall–Kier alpha value is -1.75. The molecular formula is C14H17F2N3. The molecule has 1 aromatic heterocycles. The zero-order chi connectivity index (χ0) is 14.0. The Morgan fingerprint density at radius 2 is 1.95 bits per heavy atom. The van der Waals surface area contributed by atoms with Gasteiger partial charge in [0, 0.05) is 12.6 Å². The van der Waals surface area contributed by atoms with Gasteiger partial charge in [0.2, 0.25) is 0 Å². The summed E-state index contributed by atoms with van der Waals surface area (Å²) in [4.78, 5) is 0. The molecule has 0 fully saturated rings. The van der Waals surface area contributed by atoms with Crippen molar-refractivity contribution in [1.82, 2.24) is 9.78 Å². The topological polar surface area (TPSA) is 43.8 Å². The van der Waals surface area contributed by atoms with E-state index in [9.17, 15) is 8.78 Å². The normalized spacial score (nSPS) is 12.7. The van der Waals surface area contributed by atoms with Crippen molar-refractivity contribution in [1.29, 1.82) is 0 Å². The van der Waals surface area contributed by atoms with Crippen LogP contribution in [0, 0.1) is 11.6 Å². The fourth-order valence-corrected chi connectivity index (χ4v) is 2.12. The maximum atomic E-state index is 13.6. The average Bonchev–Trinajstić information content (AvgIpc) is 2.75. The number of halogens is 2. The van der Waals surface area contributed by atoms with Gasteiger partial charge in [0.05, 0.1) is 17.4 Å². The smallest absolute Gasteiger partial charge is 0.129 e. The fourth-order valence-electron chi connectivity index (χ4n) is 2.12. The molecule has 2 N–H and O–H groups in total. The lowest BCUT2D eigenvalue weighted by Gasteiger charge is -2.13. The van der Waals surface area contributed by atoms with Gasteiger partial charge < -0.3 is 5.73 Å². The van der Waals surface area contributed by atoms with E-state index in [1.165, 1.54) is 18.2 Å². The van der Waals surface area contributed by atoms with Gasteiger partial charge in [0.1, 0.15) is 11.6 Å². The fraction of sp³-hybridized carbons (Fsp3) is 0.357. The second-order valence-electron chi connectivity index (χ2n) is 4.55. The molecular weight excluding hydrogens is 248 g/mol. The Kier molecular flexibility index (Phi) is 3.95. The van der Waals surface area contributed by atoms with Gasteiger partial charge in [-0.1, -0.05) is 13.0 Å². The van der Waals surface area contributed by atoms with Crippen LogP contribution in [-0.4, -0.2) is 9.78 Å². The first-order valence-electron chi connectivity index (χ1n) is 6.24. The van der Waals surface area contributed by atoms with E-state index in [-0.39, 0.29) is 12.0 Å². The summed E-state index contributed by atoms with van der Waals surface area (Å²) in [5, 5.41) is 4.29. The predicted octanol–water partition coefficient (Wildman–Crippen LogP) is 2.50. The van der Waals surface area contributed by atoms with Crippen molar-refractivity contribution in [2.45, 2.75) is 25.8 Å². The Bertz CT molecular complexity index is 558. The van der Waals surface area contributed by atoms with Gasteiger partial charge in [-0.3, -0.25) is 4.68 Å². The number of aryl methyl sites for hydroxylation is 2. The zero-order valence-electron chi connectivity index (χ0n) is 11.0. The third-order valence-corrected chi connectivity index (χ3v) is 3.19. The van der Waals surface area contributed by atoms with Gasteiger partial charge >= 0.3 is 0 Å². The van der Waals surface area contributed by atoms with Crippen molar-refractivity contribution in [2.24, 2.45) is 12.8 Å². The van der Waals surface area contributed by atoms with E-state index in [4.69, 9.17) is 5.73 Å². The van der Waals surface area contributed by atoms with Gasteiger partial charge in [0.15, 0.2) is 0 Å². The molecule has 1 aromatic carbocycles. The average molecular weight is 265 g/mol. The van der Waals surface area contributed by atoms with Crippen LogP contribution in [0.5, 0.6) is 0 Å². The van der Waals surface area contributed by atoms with E-state index in [2.05, 4.69) is 5.10 Å². The molecule has 1 unspecified atom stereocenters. The summed E-state index contributed by atoms with van der Waals surface area (Å²) in [7, 11) is 1.78. The predicted molar refractivity (Wildman–Crippen MR) is 69.6 cm³/mol. The molecule has 3 nitrogen and oxygen atoms in total. The highest BCUT2D eigenvalue weighted by Crippen LogP contribution is 2.21. The molecule has 2 rings (SSSR count). The molecule has 0 bridgehead atoms. The molecule has 0 spiro atoms. The molecule has 102 valence electrons. The van der Waals surface area contributed by atoms with E-state index in [0.717, 1.165) is 17.8 Å². The van der Waals surface area contributed by atoms with Crippen molar-refractivity contribution in [3.05, 3.63) is 52.9 Å². The largest absolute Gasteiger partial charge is 0.322 e. The summed E-state index contributed by atoms with van der Waals surface area (Å²) in [5.41, 5.74) is 7.76.